The number of hydrogen-bond donors (Lipinski definition) is 1. The molecule has 7 heteroatoms. The molecule has 2 saturated heterocycles. The van der Waals surface area contributed by atoms with Crippen LogP contribution in [0.1, 0.15) is 15.3 Å². The molecule has 0 spiro atoms. The van der Waals surface area contributed by atoms with Crippen LogP contribution in [0.25, 0.3) is 0 Å². The average Bonchev–Trinajstić information content (AvgIpc) is 3.43. The minimum absolute atomic E-state index is 0.0949. The summed E-state index contributed by atoms with van der Waals surface area (Å²) < 4.78 is 16.5. The quantitative estimate of drug-likeness (QED) is 0.836. The average molecular weight is 401 g/mol. The number of nitrogens with zero attached hydrogens (tertiary/aromatic N) is 1. The highest BCUT2D eigenvalue weighted by atomic mass is 32.1. The number of carbonyl (C=O) groups is 1. The molecule has 3 aliphatic heterocycles. The Morgan fingerprint density at radius 2 is 2.18 bits per heavy atom. The first-order chi connectivity index (χ1) is 13.6. The molecule has 2 fully saturated rings. The summed E-state index contributed by atoms with van der Waals surface area (Å²) in [4.78, 5) is 18.3. The number of fused-ring (bicyclic) bond motifs is 2. The first-order valence-corrected chi connectivity index (χ1v) is 10.5. The fraction of sp³-hybridized carbons (Fsp3) is 0.476. The highest BCUT2D eigenvalue weighted by Crippen LogP contribution is 2.42. The number of likely N-dealkylation sites (tertiary alicyclic amines) is 1. The number of nitrogens with one attached hydrogen (secondary N) is 1. The van der Waals surface area contributed by atoms with E-state index in [1.165, 1.54) is 9.75 Å². The number of amides is 1. The third-order valence-electron chi connectivity index (χ3n) is 5.96. The number of ether oxygens (including phenoxy) is 3. The van der Waals surface area contributed by atoms with Crippen LogP contribution in [0.15, 0.2) is 30.3 Å². The lowest BCUT2D eigenvalue weighted by molar-refractivity contribution is -0.131. The van der Waals surface area contributed by atoms with Gasteiger partial charge in [-0.1, -0.05) is 6.07 Å². The monoisotopic (exact) mass is 400 g/mol. The predicted molar refractivity (Wildman–Crippen MR) is 105 cm³/mol. The minimum Gasteiger partial charge on any atom is -0.454 e. The second-order valence-corrected chi connectivity index (χ2v) is 9.29. The summed E-state index contributed by atoms with van der Waals surface area (Å²) in [5.74, 6) is 1.85. The Bertz CT molecular complexity index is 898. The summed E-state index contributed by atoms with van der Waals surface area (Å²) in [6, 6.07) is 10.1. The standard InChI is InChI=1S/C21H24N2O4S/c1-14-2-4-17(28-14)9-23-8-16-10-25-12-21(16,11-23)20(24)22-7-15-3-5-18-19(6-15)27-13-26-18/h2-6,16H,7-13H2,1H3,(H,22,24)/t16-,21-/m1/s1. The molecule has 1 amide bonds. The van der Waals surface area contributed by atoms with Crippen molar-refractivity contribution in [1.29, 1.82) is 0 Å². The Hall–Kier alpha value is -2.09. The summed E-state index contributed by atoms with van der Waals surface area (Å²) in [6.07, 6.45) is 0. The van der Waals surface area contributed by atoms with E-state index in [1.54, 1.807) is 0 Å². The highest BCUT2D eigenvalue weighted by Gasteiger charge is 2.55. The summed E-state index contributed by atoms with van der Waals surface area (Å²) in [5, 5.41) is 3.14. The molecule has 0 bridgehead atoms. The second kappa shape index (κ2) is 7.06. The van der Waals surface area contributed by atoms with Crippen LogP contribution in [0.2, 0.25) is 0 Å². The maximum Gasteiger partial charge on any atom is 0.231 e. The van der Waals surface area contributed by atoms with E-state index in [4.69, 9.17) is 14.2 Å². The lowest BCUT2D eigenvalue weighted by Gasteiger charge is -2.26. The molecule has 1 aromatic carbocycles. The number of rotatable bonds is 5. The van der Waals surface area contributed by atoms with Gasteiger partial charge in [-0.3, -0.25) is 9.69 Å². The number of carbonyl (C=O) groups excluding carboxylic acids is 1. The van der Waals surface area contributed by atoms with Crippen molar-refractivity contribution in [3.8, 4) is 11.5 Å². The fourth-order valence-corrected chi connectivity index (χ4v) is 5.41. The summed E-state index contributed by atoms with van der Waals surface area (Å²) in [7, 11) is 0. The molecule has 3 aliphatic rings. The van der Waals surface area contributed by atoms with Crippen LogP contribution in [0.5, 0.6) is 11.5 Å². The van der Waals surface area contributed by atoms with Gasteiger partial charge in [-0.05, 0) is 36.8 Å². The number of aryl methyl sites for hydroxylation is 1. The van der Waals surface area contributed by atoms with E-state index in [9.17, 15) is 4.79 Å². The summed E-state index contributed by atoms with van der Waals surface area (Å²) in [6.45, 7) is 6.61. The zero-order valence-electron chi connectivity index (χ0n) is 15.9. The Morgan fingerprint density at radius 1 is 1.29 bits per heavy atom. The van der Waals surface area contributed by atoms with Crippen molar-refractivity contribution >= 4 is 17.2 Å². The maximum atomic E-state index is 13.2. The molecule has 0 aliphatic carbocycles. The zero-order valence-corrected chi connectivity index (χ0v) is 16.7. The first kappa shape index (κ1) is 18.0. The maximum absolute atomic E-state index is 13.2. The molecule has 2 aromatic rings. The van der Waals surface area contributed by atoms with Crippen molar-refractivity contribution in [2.75, 3.05) is 33.1 Å². The van der Waals surface area contributed by atoms with E-state index in [0.29, 0.717) is 19.8 Å². The third-order valence-corrected chi connectivity index (χ3v) is 6.95. The van der Waals surface area contributed by atoms with Crippen LogP contribution in [0.4, 0.5) is 0 Å². The number of hydrogen-bond acceptors (Lipinski definition) is 6. The minimum atomic E-state index is -0.442. The Balaban J connectivity index is 1.25. The van der Waals surface area contributed by atoms with Gasteiger partial charge in [0.25, 0.3) is 0 Å². The second-order valence-electron chi connectivity index (χ2n) is 7.92. The van der Waals surface area contributed by atoms with Crippen molar-refractivity contribution in [2.24, 2.45) is 11.3 Å². The van der Waals surface area contributed by atoms with E-state index in [2.05, 4.69) is 29.3 Å². The van der Waals surface area contributed by atoms with Crippen LogP contribution in [0.3, 0.4) is 0 Å². The fourth-order valence-electron chi connectivity index (χ4n) is 4.48. The van der Waals surface area contributed by atoms with Crippen molar-refractivity contribution in [1.82, 2.24) is 10.2 Å². The van der Waals surface area contributed by atoms with Gasteiger partial charge in [-0.15, -0.1) is 11.3 Å². The molecular weight excluding hydrogens is 376 g/mol. The van der Waals surface area contributed by atoms with Crippen molar-refractivity contribution in [3.05, 3.63) is 45.6 Å². The van der Waals surface area contributed by atoms with Crippen LogP contribution < -0.4 is 14.8 Å². The normalized spacial score (nSPS) is 25.8. The molecule has 5 rings (SSSR count). The SMILES string of the molecule is Cc1ccc(CN2C[C@@H]3COC[C@]3(C(=O)NCc3ccc4c(c3)OCO4)C2)s1. The Labute approximate surface area is 168 Å². The van der Waals surface area contributed by atoms with Crippen LogP contribution >= 0.6 is 11.3 Å². The van der Waals surface area contributed by atoms with Crippen molar-refractivity contribution < 1.29 is 19.0 Å². The Morgan fingerprint density at radius 3 is 3.04 bits per heavy atom. The molecule has 0 radical (unpaired) electrons. The lowest BCUT2D eigenvalue weighted by Crippen LogP contribution is -2.46. The molecule has 28 heavy (non-hydrogen) atoms. The molecular formula is C21H24N2O4S. The Kier molecular flexibility index (Phi) is 4.53. The highest BCUT2D eigenvalue weighted by molar-refractivity contribution is 7.11. The molecule has 6 nitrogen and oxygen atoms in total. The molecule has 0 saturated carbocycles. The van der Waals surface area contributed by atoms with Gasteiger partial charge in [-0.2, -0.15) is 0 Å². The van der Waals surface area contributed by atoms with Crippen molar-refractivity contribution in [2.45, 2.75) is 20.0 Å². The smallest absolute Gasteiger partial charge is 0.231 e. The third kappa shape index (κ3) is 3.17. The molecule has 148 valence electrons. The van der Waals surface area contributed by atoms with Gasteiger partial charge in [0.15, 0.2) is 11.5 Å². The van der Waals surface area contributed by atoms with E-state index in [0.717, 1.165) is 36.7 Å². The molecule has 4 heterocycles. The summed E-state index contributed by atoms with van der Waals surface area (Å²) >= 11 is 1.83. The van der Waals surface area contributed by atoms with Crippen molar-refractivity contribution in [3.63, 3.8) is 0 Å². The number of benzene rings is 1. The topological polar surface area (TPSA) is 60.0 Å². The largest absolute Gasteiger partial charge is 0.454 e. The van der Waals surface area contributed by atoms with Gasteiger partial charge in [-0.25, -0.2) is 0 Å². The van der Waals surface area contributed by atoms with Crippen LogP contribution in [-0.2, 0) is 22.6 Å². The van der Waals surface area contributed by atoms with Crippen LogP contribution in [0, 0.1) is 18.3 Å². The van der Waals surface area contributed by atoms with Gasteiger partial charge >= 0.3 is 0 Å². The van der Waals surface area contributed by atoms with Gasteiger partial charge < -0.3 is 19.5 Å². The molecule has 1 N–H and O–H groups in total. The van der Waals surface area contributed by atoms with Gasteiger partial charge in [0.05, 0.1) is 18.6 Å². The first-order valence-electron chi connectivity index (χ1n) is 9.65. The van der Waals surface area contributed by atoms with Crippen LogP contribution in [-0.4, -0.2) is 43.9 Å². The summed E-state index contributed by atoms with van der Waals surface area (Å²) in [5.41, 5.74) is 0.566. The zero-order chi connectivity index (χ0) is 19.1. The van der Waals surface area contributed by atoms with E-state index >= 15 is 0 Å². The van der Waals surface area contributed by atoms with Gasteiger partial charge in [0.2, 0.25) is 12.7 Å². The molecule has 0 unspecified atom stereocenters. The van der Waals surface area contributed by atoms with E-state index in [-0.39, 0.29) is 18.6 Å². The predicted octanol–water partition coefficient (Wildman–Crippen LogP) is 2.55. The molecule has 1 aromatic heterocycles. The molecule has 2 atom stereocenters. The number of thiophene rings is 1. The van der Waals surface area contributed by atoms with Gasteiger partial charge in [0, 0.05) is 41.9 Å². The van der Waals surface area contributed by atoms with E-state index < -0.39 is 5.41 Å². The lowest BCUT2D eigenvalue weighted by atomic mass is 9.80. The van der Waals surface area contributed by atoms with Gasteiger partial charge in [0.1, 0.15) is 0 Å². The van der Waals surface area contributed by atoms with E-state index in [1.807, 2.05) is 29.5 Å².